The Labute approximate surface area is 101 Å². The molecule has 1 aromatic rings. The molecule has 0 radical (unpaired) electrons. The monoisotopic (exact) mass is 234 g/mol. The lowest BCUT2D eigenvalue weighted by atomic mass is 9.93. The highest BCUT2D eigenvalue weighted by molar-refractivity contribution is 5.73. The van der Waals surface area contributed by atoms with E-state index in [-0.39, 0.29) is 12.0 Å². The van der Waals surface area contributed by atoms with Crippen LogP contribution in [-0.4, -0.2) is 23.0 Å². The highest BCUT2D eigenvalue weighted by atomic mass is 16.5. The third-order valence-electron chi connectivity index (χ3n) is 3.01. The number of nitrogens with zero attached hydrogens (tertiary/aromatic N) is 1. The Kier molecular flexibility index (Phi) is 3.96. The van der Waals surface area contributed by atoms with Gasteiger partial charge in [0.1, 0.15) is 6.10 Å². The van der Waals surface area contributed by atoms with Crippen molar-refractivity contribution in [3.63, 3.8) is 0 Å². The molecule has 1 amide bonds. The predicted molar refractivity (Wildman–Crippen MR) is 64.7 cm³/mol. The summed E-state index contributed by atoms with van der Waals surface area (Å²) in [5.74, 6) is 0.745. The largest absolute Gasteiger partial charge is 0.474 e. The molecular weight excluding hydrogens is 216 g/mol. The Balaban J connectivity index is 1.78. The molecule has 1 aromatic heterocycles. The second-order valence-electron chi connectivity index (χ2n) is 4.46. The summed E-state index contributed by atoms with van der Waals surface area (Å²) in [5.41, 5.74) is 0. The lowest BCUT2D eigenvalue weighted by Crippen LogP contribution is -2.38. The van der Waals surface area contributed by atoms with Gasteiger partial charge in [-0.15, -0.1) is 0 Å². The van der Waals surface area contributed by atoms with E-state index in [1.807, 2.05) is 18.2 Å². The van der Waals surface area contributed by atoms with Crippen LogP contribution in [0.3, 0.4) is 0 Å². The van der Waals surface area contributed by atoms with Crippen LogP contribution in [0.1, 0.15) is 32.6 Å². The summed E-state index contributed by atoms with van der Waals surface area (Å²) >= 11 is 0. The van der Waals surface area contributed by atoms with E-state index in [4.69, 9.17) is 4.74 Å². The van der Waals surface area contributed by atoms with Crippen LogP contribution in [0.4, 0.5) is 0 Å². The van der Waals surface area contributed by atoms with Gasteiger partial charge in [-0.1, -0.05) is 6.07 Å². The zero-order valence-electron chi connectivity index (χ0n) is 10.1. The number of carbonyl (C=O) groups is 1. The Bertz CT molecular complexity index is 359. The number of amides is 1. The number of nitrogens with one attached hydrogen (secondary N) is 1. The molecule has 1 heterocycles. The minimum Gasteiger partial charge on any atom is -0.474 e. The van der Waals surface area contributed by atoms with Gasteiger partial charge in [0.15, 0.2) is 0 Å². The fourth-order valence-electron chi connectivity index (χ4n) is 2.20. The van der Waals surface area contributed by atoms with E-state index in [1.54, 1.807) is 13.1 Å². The number of rotatable bonds is 3. The van der Waals surface area contributed by atoms with Crippen molar-refractivity contribution < 1.29 is 9.53 Å². The average molecular weight is 234 g/mol. The highest BCUT2D eigenvalue weighted by Gasteiger charge is 2.22. The van der Waals surface area contributed by atoms with Gasteiger partial charge in [-0.2, -0.15) is 0 Å². The number of ether oxygens (including phenoxy) is 1. The third kappa shape index (κ3) is 3.73. The number of pyridine rings is 1. The van der Waals surface area contributed by atoms with E-state index in [0.29, 0.717) is 11.9 Å². The standard InChI is InChI=1S/C13H18N2O2/c1-10(16)15-11-5-7-12(8-6-11)17-13-4-2-3-9-14-13/h2-4,9,11-12H,5-8H2,1H3,(H,15,16). The number of carbonyl (C=O) groups excluding carboxylic acids is 1. The molecular formula is C13H18N2O2. The van der Waals surface area contributed by atoms with Crippen LogP contribution in [0.15, 0.2) is 24.4 Å². The number of hydrogen-bond acceptors (Lipinski definition) is 3. The van der Waals surface area contributed by atoms with E-state index < -0.39 is 0 Å². The minimum absolute atomic E-state index is 0.0547. The SMILES string of the molecule is CC(=O)NC1CCC(Oc2ccccn2)CC1. The molecule has 1 N–H and O–H groups in total. The van der Waals surface area contributed by atoms with Crippen molar-refractivity contribution in [3.05, 3.63) is 24.4 Å². The molecule has 1 aliphatic rings. The molecule has 1 fully saturated rings. The fourth-order valence-corrected chi connectivity index (χ4v) is 2.20. The van der Waals surface area contributed by atoms with Crippen LogP contribution in [0, 0.1) is 0 Å². The van der Waals surface area contributed by atoms with Crippen LogP contribution >= 0.6 is 0 Å². The van der Waals surface area contributed by atoms with Gasteiger partial charge in [-0.3, -0.25) is 4.79 Å². The van der Waals surface area contributed by atoms with E-state index in [2.05, 4.69) is 10.3 Å². The van der Waals surface area contributed by atoms with Crippen molar-refractivity contribution in [2.24, 2.45) is 0 Å². The van der Waals surface area contributed by atoms with Crippen molar-refractivity contribution in [1.82, 2.24) is 10.3 Å². The second-order valence-corrected chi connectivity index (χ2v) is 4.46. The van der Waals surface area contributed by atoms with Gasteiger partial charge in [0.2, 0.25) is 11.8 Å². The molecule has 1 aliphatic carbocycles. The van der Waals surface area contributed by atoms with Gasteiger partial charge in [0.05, 0.1) is 0 Å². The Morgan fingerprint density at radius 3 is 2.71 bits per heavy atom. The number of hydrogen-bond donors (Lipinski definition) is 1. The predicted octanol–water partition coefficient (Wildman–Crippen LogP) is 1.91. The third-order valence-corrected chi connectivity index (χ3v) is 3.01. The summed E-state index contributed by atoms with van der Waals surface area (Å²) in [6, 6.07) is 5.99. The zero-order valence-corrected chi connectivity index (χ0v) is 10.1. The van der Waals surface area contributed by atoms with Crippen molar-refractivity contribution in [2.75, 3.05) is 0 Å². The topological polar surface area (TPSA) is 51.2 Å². The van der Waals surface area contributed by atoms with Crippen molar-refractivity contribution in [2.45, 2.75) is 44.8 Å². The lowest BCUT2D eigenvalue weighted by molar-refractivity contribution is -0.120. The first-order valence-corrected chi connectivity index (χ1v) is 6.09. The molecule has 4 heteroatoms. The molecule has 0 spiro atoms. The Morgan fingerprint density at radius 2 is 2.12 bits per heavy atom. The summed E-state index contributed by atoms with van der Waals surface area (Å²) in [6.45, 7) is 1.57. The molecule has 17 heavy (non-hydrogen) atoms. The quantitative estimate of drug-likeness (QED) is 0.869. The molecule has 0 aliphatic heterocycles. The molecule has 0 atom stereocenters. The second kappa shape index (κ2) is 5.66. The van der Waals surface area contributed by atoms with Gasteiger partial charge < -0.3 is 10.1 Å². The van der Waals surface area contributed by atoms with Gasteiger partial charge >= 0.3 is 0 Å². The summed E-state index contributed by atoms with van der Waals surface area (Å²) in [5, 5.41) is 2.96. The van der Waals surface area contributed by atoms with Gasteiger partial charge in [0.25, 0.3) is 0 Å². The maximum Gasteiger partial charge on any atom is 0.217 e. The van der Waals surface area contributed by atoms with Crippen molar-refractivity contribution in [1.29, 1.82) is 0 Å². The van der Waals surface area contributed by atoms with Crippen LogP contribution in [0.2, 0.25) is 0 Å². The van der Waals surface area contributed by atoms with Crippen molar-refractivity contribution >= 4 is 5.91 Å². The fraction of sp³-hybridized carbons (Fsp3) is 0.538. The molecule has 92 valence electrons. The normalized spacial score (nSPS) is 24.1. The van der Waals surface area contributed by atoms with E-state index in [0.717, 1.165) is 25.7 Å². The minimum atomic E-state index is 0.0547. The average Bonchev–Trinajstić information content (AvgIpc) is 2.32. The molecule has 0 unspecified atom stereocenters. The maximum atomic E-state index is 10.9. The Morgan fingerprint density at radius 1 is 1.35 bits per heavy atom. The summed E-state index contributed by atoms with van der Waals surface area (Å²) in [6.07, 6.45) is 5.88. The molecule has 0 bridgehead atoms. The van der Waals surface area contributed by atoms with Gasteiger partial charge in [-0.25, -0.2) is 4.98 Å². The summed E-state index contributed by atoms with van der Waals surface area (Å²) in [7, 11) is 0. The van der Waals surface area contributed by atoms with Crippen molar-refractivity contribution in [3.8, 4) is 5.88 Å². The Hall–Kier alpha value is -1.58. The van der Waals surface area contributed by atoms with Crippen LogP contribution in [-0.2, 0) is 4.79 Å². The van der Waals surface area contributed by atoms with Crippen LogP contribution < -0.4 is 10.1 Å². The summed E-state index contributed by atoms with van der Waals surface area (Å²) < 4.78 is 5.78. The summed E-state index contributed by atoms with van der Waals surface area (Å²) in [4.78, 5) is 15.1. The lowest BCUT2D eigenvalue weighted by Gasteiger charge is -2.28. The molecule has 0 aromatic carbocycles. The molecule has 1 saturated carbocycles. The molecule has 4 nitrogen and oxygen atoms in total. The first kappa shape index (κ1) is 11.9. The van der Waals surface area contributed by atoms with E-state index >= 15 is 0 Å². The highest BCUT2D eigenvalue weighted by Crippen LogP contribution is 2.22. The molecule has 0 saturated heterocycles. The first-order valence-electron chi connectivity index (χ1n) is 6.09. The smallest absolute Gasteiger partial charge is 0.217 e. The zero-order chi connectivity index (χ0) is 12.1. The number of aromatic nitrogens is 1. The van der Waals surface area contributed by atoms with E-state index in [9.17, 15) is 4.79 Å². The molecule has 2 rings (SSSR count). The van der Waals surface area contributed by atoms with Gasteiger partial charge in [0, 0.05) is 25.2 Å². The van der Waals surface area contributed by atoms with Crippen LogP contribution in [0.5, 0.6) is 5.88 Å². The van der Waals surface area contributed by atoms with Crippen LogP contribution in [0.25, 0.3) is 0 Å². The van der Waals surface area contributed by atoms with Gasteiger partial charge in [-0.05, 0) is 31.7 Å². The maximum absolute atomic E-state index is 10.9. The first-order chi connectivity index (χ1) is 8.24. The van der Waals surface area contributed by atoms with E-state index in [1.165, 1.54) is 0 Å².